The van der Waals surface area contributed by atoms with Gasteiger partial charge in [-0.15, -0.1) is 0 Å². The zero-order valence-electron chi connectivity index (χ0n) is 15.0. The molecular formula is C21H22N2O4. The van der Waals surface area contributed by atoms with E-state index < -0.39 is 0 Å². The van der Waals surface area contributed by atoms with E-state index in [1.165, 1.54) is 0 Å². The Kier molecular flexibility index (Phi) is 4.96. The van der Waals surface area contributed by atoms with Crippen LogP contribution in [-0.2, 0) is 9.59 Å². The van der Waals surface area contributed by atoms with Gasteiger partial charge in [-0.2, -0.15) is 0 Å². The molecule has 0 aromatic heterocycles. The fraction of sp³-hybridized carbons (Fsp3) is 0.333. The van der Waals surface area contributed by atoms with Crippen molar-refractivity contribution < 1.29 is 19.1 Å². The Balaban J connectivity index is 1.59. The van der Waals surface area contributed by atoms with Gasteiger partial charge < -0.3 is 19.7 Å². The van der Waals surface area contributed by atoms with Gasteiger partial charge in [0.05, 0.1) is 0 Å². The summed E-state index contributed by atoms with van der Waals surface area (Å²) < 4.78 is 10.9. The summed E-state index contributed by atoms with van der Waals surface area (Å²) in [6.07, 6.45) is 0.698. The van der Waals surface area contributed by atoms with E-state index in [0.29, 0.717) is 38.2 Å². The monoisotopic (exact) mass is 366 g/mol. The summed E-state index contributed by atoms with van der Waals surface area (Å²) in [4.78, 5) is 26.3. The molecule has 0 bridgehead atoms. The zero-order chi connectivity index (χ0) is 18.6. The standard InChI is InChI=1S/C21H22N2O4/c24-20-8-10-23(11-9-22-20)21(25)13-17(15-4-2-1-3-5-15)16-6-7-18-19(12-16)27-14-26-18/h1-7,12,17H,8-11,13-14H2,(H,22,24)/t17-/m0/s1. The molecule has 27 heavy (non-hydrogen) atoms. The maximum Gasteiger partial charge on any atom is 0.231 e. The molecule has 1 fully saturated rings. The first-order valence-electron chi connectivity index (χ1n) is 9.19. The van der Waals surface area contributed by atoms with E-state index in [2.05, 4.69) is 5.32 Å². The van der Waals surface area contributed by atoms with Crippen LogP contribution in [0.4, 0.5) is 0 Å². The van der Waals surface area contributed by atoms with Crippen LogP contribution in [0.15, 0.2) is 48.5 Å². The van der Waals surface area contributed by atoms with Crippen molar-refractivity contribution in [3.05, 3.63) is 59.7 Å². The molecule has 2 aromatic rings. The van der Waals surface area contributed by atoms with Crippen LogP contribution in [0, 0.1) is 0 Å². The molecule has 2 amide bonds. The number of nitrogens with zero attached hydrogens (tertiary/aromatic N) is 1. The fourth-order valence-corrected chi connectivity index (χ4v) is 3.56. The maximum absolute atomic E-state index is 13.0. The van der Waals surface area contributed by atoms with E-state index in [-0.39, 0.29) is 24.5 Å². The van der Waals surface area contributed by atoms with E-state index in [1.54, 1.807) is 4.90 Å². The van der Waals surface area contributed by atoms with E-state index in [4.69, 9.17) is 9.47 Å². The quantitative estimate of drug-likeness (QED) is 0.902. The molecule has 6 heteroatoms. The van der Waals surface area contributed by atoms with Gasteiger partial charge in [-0.1, -0.05) is 36.4 Å². The van der Waals surface area contributed by atoms with Crippen molar-refractivity contribution in [3.8, 4) is 11.5 Å². The Morgan fingerprint density at radius 2 is 1.85 bits per heavy atom. The molecule has 2 aromatic carbocycles. The van der Waals surface area contributed by atoms with Gasteiger partial charge in [0.25, 0.3) is 0 Å². The lowest BCUT2D eigenvalue weighted by molar-refractivity contribution is -0.131. The van der Waals surface area contributed by atoms with Crippen molar-refractivity contribution in [1.82, 2.24) is 10.2 Å². The van der Waals surface area contributed by atoms with E-state index >= 15 is 0 Å². The summed E-state index contributed by atoms with van der Waals surface area (Å²) in [7, 11) is 0. The lowest BCUT2D eigenvalue weighted by atomic mass is 9.88. The molecule has 0 spiro atoms. The van der Waals surface area contributed by atoms with Gasteiger partial charge in [0, 0.05) is 38.4 Å². The van der Waals surface area contributed by atoms with Crippen LogP contribution >= 0.6 is 0 Å². The molecule has 0 radical (unpaired) electrons. The van der Waals surface area contributed by atoms with Crippen LogP contribution in [0.5, 0.6) is 11.5 Å². The third-order valence-electron chi connectivity index (χ3n) is 5.05. The Labute approximate surface area is 158 Å². The first-order valence-corrected chi connectivity index (χ1v) is 9.19. The average Bonchev–Trinajstić information content (AvgIpc) is 3.06. The number of fused-ring (bicyclic) bond motifs is 1. The van der Waals surface area contributed by atoms with Crippen LogP contribution in [0.3, 0.4) is 0 Å². The predicted octanol–water partition coefficient (Wildman–Crippen LogP) is 2.29. The Morgan fingerprint density at radius 3 is 2.70 bits per heavy atom. The molecular weight excluding hydrogens is 344 g/mol. The Morgan fingerprint density at radius 1 is 1.04 bits per heavy atom. The summed E-state index contributed by atoms with van der Waals surface area (Å²) >= 11 is 0. The van der Waals surface area contributed by atoms with Gasteiger partial charge >= 0.3 is 0 Å². The molecule has 1 atom stereocenters. The largest absolute Gasteiger partial charge is 0.454 e. The Hall–Kier alpha value is -3.02. The predicted molar refractivity (Wildman–Crippen MR) is 99.7 cm³/mol. The fourth-order valence-electron chi connectivity index (χ4n) is 3.56. The van der Waals surface area contributed by atoms with Gasteiger partial charge in [0.2, 0.25) is 18.6 Å². The van der Waals surface area contributed by atoms with Crippen molar-refractivity contribution in [3.63, 3.8) is 0 Å². The first kappa shape index (κ1) is 17.4. The summed E-state index contributed by atoms with van der Waals surface area (Å²) in [5, 5.41) is 2.81. The Bertz CT molecular complexity index is 837. The molecule has 1 saturated heterocycles. The number of amides is 2. The first-order chi connectivity index (χ1) is 13.2. The van der Waals surface area contributed by atoms with Crippen LogP contribution in [0.25, 0.3) is 0 Å². The second-order valence-electron chi connectivity index (χ2n) is 6.76. The van der Waals surface area contributed by atoms with Gasteiger partial charge in [-0.25, -0.2) is 0 Å². The van der Waals surface area contributed by atoms with Crippen LogP contribution < -0.4 is 14.8 Å². The SMILES string of the molecule is O=C1CCN(C(=O)C[C@@H](c2ccccc2)c2ccc3c(c2)OCO3)CCN1. The minimum atomic E-state index is -0.0832. The molecule has 140 valence electrons. The molecule has 2 heterocycles. The summed E-state index contributed by atoms with van der Waals surface area (Å²) in [6.45, 7) is 1.74. The van der Waals surface area contributed by atoms with Crippen molar-refractivity contribution in [1.29, 1.82) is 0 Å². The normalized spacial score (nSPS) is 17.2. The highest BCUT2D eigenvalue weighted by atomic mass is 16.7. The average molecular weight is 366 g/mol. The summed E-state index contributed by atoms with van der Waals surface area (Å²) in [5.74, 6) is 1.42. The second kappa shape index (κ2) is 7.70. The lowest BCUT2D eigenvalue weighted by Gasteiger charge is -2.24. The molecule has 0 aliphatic carbocycles. The molecule has 2 aliphatic heterocycles. The third kappa shape index (κ3) is 3.89. The smallest absolute Gasteiger partial charge is 0.231 e. The number of rotatable bonds is 4. The molecule has 4 rings (SSSR count). The highest BCUT2D eigenvalue weighted by molar-refractivity contribution is 5.81. The van der Waals surface area contributed by atoms with E-state index in [1.807, 2.05) is 48.5 Å². The second-order valence-corrected chi connectivity index (χ2v) is 6.76. The van der Waals surface area contributed by atoms with Crippen LogP contribution in [-0.4, -0.2) is 43.1 Å². The van der Waals surface area contributed by atoms with Crippen LogP contribution in [0.1, 0.15) is 29.9 Å². The van der Waals surface area contributed by atoms with Gasteiger partial charge in [-0.05, 0) is 23.3 Å². The number of hydrogen-bond donors (Lipinski definition) is 1. The zero-order valence-corrected chi connectivity index (χ0v) is 15.0. The lowest BCUT2D eigenvalue weighted by Crippen LogP contribution is -2.35. The van der Waals surface area contributed by atoms with Crippen molar-refractivity contribution >= 4 is 11.8 Å². The molecule has 6 nitrogen and oxygen atoms in total. The molecule has 0 unspecified atom stereocenters. The highest BCUT2D eigenvalue weighted by Crippen LogP contribution is 2.37. The number of carbonyl (C=O) groups excluding carboxylic acids is 2. The van der Waals surface area contributed by atoms with Crippen molar-refractivity contribution in [2.75, 3.05) is 26.4 Å². The van der Waals surface area contributed by atoms with Gasteiger partial charge in [0.15, 0.2) is 11.5 Å². The highest BCUT2D eigenvalue weighted by Gasteiger charge is 2.25. The van der Waals surface area contributed by atoms with Crippen molar-refractivity contribution in [2.45, 2.75) is 18.8 Å². The number of hydrogen-bond acceptors (Lipinski definition) is 4. The molecule has 2 aliphatic rings. The summed E-state index contributed by atoms with van der Waals surface area (Å²) in [5.41, 5.74) is 2.09. The number of carbonyl (C=O) groups is 2. The minimum absolute atomic E-state index is 0.000630. The maximum atomic E-state index is 13.0. The van der Waals surface area contributed by atoms with Gasteiger partial charge in [-0.3, -0.25) is 9.59 Å². The topological polar surface area (TPSA) is 67.9 Å². The third-order valence-corrected chi connectivity index (χ3v) is 5.05. The number of ether oxygens (including phenoxy) is 2. The van der Waals surface area contributed by atoms with Crippen molar-refractivity contribution in [2.24, 2.45) is 0 Å². The van der Waals surface area contributed by atoms with Gasteiger partial charge in [0.1, 0.15) is 0 Å². The molecule has 0 saturated carbocycles. The van der Waals surface area contributed by atoms with E-state index in [0.717, 1.165) is 16.9 Å². The van der Waals surface area contributed by atoms with E-state index in [9.17, 15) is 9.59 Å². The number of nitrogens with one attached hydrogen (secondary N) is 1. The number of benzene rings is 2. The summed E-state index contributed by atoms with van der Waals surface area (Å²) in [6, 6.07) is 15.8. The van der Waals surface area contributed by atoms with Crippen LogP contribution in [0.2, 0.25) is 0 Å². The minimum Gasteiger partial charge on any atom is -0.454 e. The molecule has 1 N–H and O–H groups in total.